The van der Waals surface area contributed by atoms with Gasteiger partial charge in [-0.1, -0.05) is 30.7 Å². The molecule has 0 spiro atoms. The fourth-order valence-electron chi connectivity index (χ4n) is 1.66. The molecule has 0 aliphatic carbocycles. The van der Waals surface area contributed by atoms with E-state index in [0.29, 0.717) is 0 Å². The van der Waals surface area contributed by atoms with E-state index >= 15 is 0 Å². The Bertz CT molecular complexity index is 296. The van der Waals surface area contributed by atoms with Crippen molar-refractivity contribution in [2.45, 2.75) is 13.3 Å². The maximum Gasteiger partial charge on any atom is 0.0640 e. The first-order chi connectivity index (χ1) is 5.77. The van der Waals surface area contributed by atoms with Crippen LogP contribution in [0.1, 0.15) is 12.5 Å². The second-order valence-corrected chi connectivity index (χ2v) is 3.87. The van der Waals surface area contributed by atoms with Crippen LogP contribution in [-0.2, 0) is 6.42 Å². The first-order valence-electron chi connectivity index (χ1n) is 4.28. The third kappa shape index (κ3) is 1.29. The van der Waals surface area contributed by atoms with Gasteiger partial charge < -0.3 is 5.32 Å². The summed E-state index contributed by atoms with van der Waals surface area (Å²) in [5, 5.41) is 4.20. The van der Waals surface area contributed by atoms with Crippen LogP contribution in [0, 0.1) is 5.92 Å². The highest BCUT2D eigenvalue weighted by Crippen LogP contribution is 2.30. The van der Waals surface area contributed by atoms with E-state index in [1.54, 1.807) is 0 Å². The molecule has 0 saturated heterocycles. The molecule has 1 atom stereocenters. The van der Waals surface area contributed by atoms with Gasteiger partial charge in [0.25, 0.3) is 0 Å². The number of rotatable bonds is 0. The second kappa shape index (κ2) is 2.98. The molecular formula is C10H12ClN. The summed E-state index contributed by atoms with van der Waals surface area (Å²) in [4.78, 5) is 0. The molecule has 0 aromatic heterocycles. The van der Waals surface area contributed by atoms with Gasteiger partial charge >= 0.3 is 0 Å². The number of hydrogen-bond donors (Lipinski definition) is 1. The molecule has 1 N–H and O–H groups in total. The van der Waals surface area contributed by atoms with Crippen molar-refractivity contribution < 1.29 is 0 Å². The topological polar surface area (TPSA) is 12.0 Å². The molecule has 0 saturated carbocycles. The molecule has 0 radical (unpaired) electrons. The molecular weight excluding hydrogens is 170 g/mol. The van der Waals surface area contributed by atoms with E-state index in [0.717, 1.165) is 29.6 Å². The monoisotopic (exact) mass is 181 g/mol. The molecule has 2 heteroatoms. The van der Waals surface area contributed by atoms with Crippen molar-refractivity contribution in [2.75, 3.05) is 11.9 Å². The lowest BCUT2D eigenvalue weighted by Gasteiger charge is -2.23. The number of anilines is 1. The molecule has 2 rings (SSSR count). The SMILES string of the molecule is CC1CNc2c(Cl)cccc2C1. The number of fused-ring (bicyclic) bond motifs is 1. The predicted octanol–water partition coefficient (Wildman–Crippen LogP) is 2.94. The van der Waals surface area contributed by atoms with Crippen molar-refractivity contribution >= 4 is 17.3 Å². The number of benzene rings is 1. The van der Waals surface area contributed by atoms with Crippen molar-refractivity contribution in [1.82, 2.24) is 0 Å². The minimum Gasteiger partial charge on any atom is -0.383 e. The Hall–Kier alpha value is -0.690. The number of para-hydroxylation sites is 1. The minimum atomic E-state index is 0.718. The normalized spacial score (nSPS) is 21.3. The van der Waals surface area contributed by atoms with Crippen LogP contribution in [0.4, 0.5) is 5.69 Å². The van der Waals surface area contributed by atoms with Crippen LogP contribution in [0.25, 0.3) is 0 Å². The van der Waals surface area contributed by atoms with E-state index in [4.69, 9.17) is 11.6 Å². The van der Waals surface area contributed by atoms with Gasteiger partial charge in [-0.3, -0.25) is 0 Å². The fraction of sp³-hybridized carbons (Fsp3) is 0.400. The average Bonchev–Trinajstić information content (AvgIpc) is 2.04. The molecule has 64 valence electrons. The van der Waals surface area contributed by atoms with Crippen LogP contribution >= 0.6 is 11.6 Å². The van der Waals surface area contributed by atoms with Crippen molar-refractivity contribution in [3.05, 3.63) is 28.8 Å². The minimum absolute atomic E-state index is 0.718. The van der Waals surface area contributed by atoms with Crippen molar-refractivity contribution in [2.24, 2.45) is 5.92 Å². The maximum atomic E-state index is 6.03. The van der Waals surface area contributed by atoms with E-state index < -0.39 is 0 Å². The fourth-order valence-corrected chi connectivity index (χ4v) is 1.92. The van der Waals surface area contributed by atoms with Crippen LogP contribution in [0.5, 0.6) is 0 Å². The molecule has 1 heterocycles. The van der Waals surface area contributed by atoms with Crippen LogP contribution in [0.15, 0.2) is 18.2 Å². The van der Waals surface area contributed by atoms with Gasteiger partial charge in [0.15, 0.2) is 0 Å². The molecule has 1 aromatic carbocycles. The molecule has 1 aromatic rings. The Morgan fingerprint density at radius 3 is 3.17 bits per heavy atom. The average molecular weight is 182 g/mol. The van der Waals surface area contributed by atoms with E-state index in [1.807, 2.05) is 12.1 Å². The molecule has 1 nitrogen and oxygen atoms in total. The zero-order valence-corrected chi connectivity index (χ0v) is 7.86. The quantitative estimate of drug-likeness (QED) is 0.649. The third-order valence-corrected chi connectivity index (χ3v) is 2.61. The zero-order chi connectivity index (χ0) is 8.55. The lowest BCUT2D eigenvalue weighted by Crippen LogP contribution is -2.20. The standard InChI is InChI=1S/C10H12ClN/c1-7-5-8-3-2-4-9(11)10(8)12-6-7/h2-4,7,12H,5-6H2,1H3. The van der Waals surface area contributed by atoms with Gasteiger partial charge in [0.1, 0.15) is 0 Å². The first-order valence-corrected chi connectivity index (χ1v) is 4.66. The summed E-state index contributed by atoms with van der Waals surface area (Å²) in [5.74, 6) is 0.718. The Morgan fingerprint density at radius 1 is 1.50 bits per heavy atom. The van der Waals surface area contributed by atoms with Gasteiger partial charge in [0, 0.05) is 6.54 Å². The molecule has 0 fully saturated rings. The molecule has 1 unspecified atom stereocenters. The van der Waals surface area contributed by atoms with Crippen LogP contribution in [0.2, 0.25) is 5.02 Å². The Balaban J connectivity index is 2.42. The van der Waals surface area contributed by atoms with Gasteiger partial charge in [-0.2, -0.15) is 0 Å². The lowest BCUT2D eigenvalue weighted by molar-refractivity contribution is 0.595. The van der Waals surface area contributed by atoms with Gasteiger partial charge in [-0.25, -0.2) is 0 Å². The maximum absolute atomic E-state index is 6.03. The van der Waals surface area contributed by atoms with Crippen molar-refractivity contribution in [3.63, 3.8) is 0 Å². The van der Waals surface area contributed by atoms with Crippen LogP contribution in [-0.4, -0.2) is 6.54 Å². The molecule has 0 amide bonds. The summed E-state index contributed by atoms with van der Waals surface area (Å²) < 4.78 is 0. The molecule has 1 aliphatic heterocycles. The lowest BCUT2D eigenvalue weighted by atomic mass is 9.96. The Morgan fingerprint density at radius 2 is 2.33 bits per heavy atom. The largest absolute Gasteiger partial charge is 0.383 e. The predicted molar refractivity (Wildman–Crippen MR) is 52.8 cm³/mol. The summed E-state index contributed by atoms with van der Waals surface area (Å²) in [5.41, 5.74) is 2.48. The zero-order valence-electron chi connectivity index (χ0n) is 7.10. The smallest absolute Gasteiger partial charge is 0.0640 e. The third-order valence-electron chi connectivity index (χ3n) is 2.30. The summed E-state index contributed by atoms with van der Waals surface area (Å²) in [6.07, 6.45) is 1.14. The summed E-state index contributed by atoms with van der Waals surface area (Å²) in [6.45, 7) is 3.29. The summed E-state index contributed by atoms with van der Waals surface area (Å²) in [7, 11) is 0. The van der Waals surface area contributed by atoms with Gasteiger partial charge in [-0.15, -0.1) is 0 Å². The van der Waals surface area contributed by atoms with E-state index in [2.05, 4.69) is 18.3 Å². The van der Waals surface area contributed by atoms with Crippen molar-refractivity contribution in [1.29, 1.82) is 0 Å². The first kappa shape index (κ1) is 7.93. The van der Waals surface area contributed by atoms with Crippen LogP contribution < -0.4 is 5.32 Å². The molecule has 12 heavy (non-hydrogen) atoms. The summed E-state index contributed by atoms with van der Waals surface area (Å²) >= 11 is 6.03. The van der Waals surface area contributed by atoms with Gasteiger partial charge in [-0.05, 0) is 24.0 Å². The Kier molecular flexibility index (Phi) is 1.97. The Labute approximate surface area is 77.7 Å². The van der Waals surface area contributed by atoms with Gasteiger partial charge in [0.05, 0.1) is 10.7 Å². The number of halogens is 1. The van der Waals surface area contributed by atoms with E-state index in [1.165, 1.54) is 5.56 Å². The molecule has 1 aliphatic rings. The molecule has 0 bridgehead atoms. The second-order valence-electron chi connectivity index (χ2n) is 3.46. The highest BCUT2D eigenvalue weighted by Gasteiger charge is 2.15. The highest BCUT2D eigenvalue weighted by molar-refractivity contribution is 6.33. The highest BCUT2D eigenvalue weighted by atomic mass is 35.5. The van der Waals surface area contributed by atoms with Crippen LogP contribution in [0.3, 0.4) is 0 Å². The van der Waals surface area contributed by atoms with E-state index in [-0.39, 0.29) is 0 Å². The number of hydrogen-bond acceptors (Lipinski definition) is 1. The summed E-state index contributed by atoms with van der Waals surface area (Å²) in [6, 6.07) is 6.09. The van der Waals surface area contributed by atoms with E-state index in [9.17, 15) is 0 Å². The van der Waals surface area contributed by atoms with Gasteiger partial charge in [0.2, 0.25) is 0 Å². The van der Waals surface area contributed by atoms with Crippen molar-refractivity contribution in [3.8, 4) is 0 Å². The number of nitrogens with one attached hydrogen (secondary N) is 1.